The summed E-state index contributed by atoms with van der Waals surface area (Å²) in [5, 5.41) is 0. The van der Waals surface area contributed by atoms with Gasteiger partial charge in [-0.25, -0.2) is 0 Å². The maximum atomic E-state index is 11.1. The second-order valence-electron chi connectivity index (χ2n) is 2.68. The van der Waals surface area contributed by atoms with E-state index in [1.54, 1.807) is 0 Å². The van der Waals surface area contributed by atoms with Gasteiger partial charge in [0.2, 0.25) is 0 Å². The van der Waals surface area contributed by atoms with Gasteiger partial charge in [0, 0.05) is 0 Å². The highest BCUT2D eigenvalue weighted by molar-refractivity contribution is 14.1. The highest BCUT2D eigenvalue weighted by atomic mass is 127. The molecule has 0 aliphatic carbocycles. The van der Waals surface area contributed by atoms with Gasteiger partial charge in [0.1, 0.15) is 3.92 Å². The second-order valence-corrected chi connectivity index (χ2v) is 4.18. The predicted octanol–water partition coefficient (Wildman–Crippen LogP) is 2.21. The fourth-order valence-electron chi connectivity index (χ4n) is 1.03. The topological polar surface area (TPSA) is 26.3 Å². The number of halogens is 1. The smallest absolute Gasteiger partial charge is 0.318 e. The SMILES string of the molecule is COC(=O)[C@H](I)Cc1ccccc1. The molecule has 0 spiro atoms. The van der Waals surface area contributed by atoms with E-state index in [0.717, 1.165) is 12.0 Å². The van der Waals surface area contributed by atoms with Gasteiger partial charge in [-0.2, -0.15) is 0 Å². The molecule has 0 saturated heterocycles. The van der Waals surface area contributed by atoms with Crippen molar-refractivity contribution in [2.24, 2.45) is 0 Å². The van der Waals surface area contributed by atoms with Crippen molar-refractivity contribution in [2.45, 2.75) is 10.3 Å². The fraction of sp³-hybridized carbons (Fsp3) is 0.300. The summed E-state index contributed by atoms with van der Waals surface area (Å²) in [6.07, 6.45) is 0.730. The van der Waals surface area contributed by atoms with Crippen LogP contribution in [0.5, 0.6) is 0 Å². The van der Waals surface area contributed by atoms with Gasteiger partial charge >= 0.3 is 5.97 Å². The van der Waals surface area contributed by atoms with Crippen LogP contribution in [0.4, 0.5) is 0 Å². The van der Waals surface area contributed by atoms with E-state index >= 15 is 0 Å². The van der Waals surface area contributed by atoms with Gasteiger partial charge < -0.3 is 4.74 Å². The zero-order valence-electron chi connectivity index (χ0n) is 7.37. The van der Waals surface area contributed by atoms with E-state index in [1.807, 2.05) is 30.3 Å². The van der Waals surface area contributed by atoms with Crippen molar-refractivity contribution in [3.63, 3.8) is 0 Å². The van der Waals surface area contributed by atoms with Crippen molar-refractivity contribution >= 4 is 28.6 Å². The standard InChI is InChI=1S/C10H11IO2/c1-13-10(12)9(11)7-8-5-3-2-4-6-8/h2-6,9H,7H2,1H3/t9-/m1/s1. The molecular formula is C10H11IO2. The van der Waals surface area contributed by atoms with Crippen LogP contribution in [0.15, 0.2) is 30.3 Å². The van der Waals surface area contributed by atoms with Gasteiger partial charge in [0.05, 0.1) is 7.11 Å². The van der Waals surface area contributed by atoms with Crippen LogP contribution in [-0.2, 0) is 16.0 Å². The highest BCUT2D eigenvalue weighted by Gasteiger charge is 2.14. The molecule has 0 radical (unpaired) electrons. The Bertz CT molecular complexity index is 272. The summed E-state index contributed by atoms with van der Waals surface area (Å²) in [6, 6.07) is 9.92. The molecule has 0 bridgehead atoms. The van der Waals surface area contributed by atoms with Crippen LogP contribution in [0.2, 0.25) is 0 Å². The average Bonchev–Trinajstić information content (AvgIpc) is 2.18. The molecule has 3 heteroatoms. The first-order chi connectivity index (χ1) is 6.24. The van der Waals surface area contributed by atoms with Crippen LogP contribution in [0.3, 0.4) is 0 Å². The Hall–Kier alpha value is -0.580. The average molecular weight is 290 g/mol. The molecule has 0 heterocycles. The number of carbonyl (C=O) groups is 1. The summed E-state index contributed by atoms with van der Waals surface area (Å²) in [6.45, 7) is 0. The van der Waals surface area contributed by atoms with Crippen LogP contribution < -0.4 is 0 Å². The summed E-state index contributed by atoms with van der Waals surface area (Å²) >= 11 is 2.10. The fourth-order valence-corrected chi connectivity index (χ4v) is 1.80. The molecule has 1 rings (SSSR count). The Labute approximate surface area is 91.4 Å². The largest absolute Gasteiger partial charge is 0.468 e. The van der Waals surface area contributed by atoms with Crippen LogP contribution in [0.25, 0.3) is 0 Å². The lowest BCUT2D eigenvalue weighted by molar-refractivity contribution is -0.139. The number of hydrogen-bond acceptors (Lipinski definition) is 2. The number of methoxy groups -OCH3 is 1. The van der Waals surface area contributed by atoms with Gasteiger partial charge in [-0.3, -0.25) is 4.79 Å². The number of alkyl halides is 1. The first-order valence-corrected chi connectivity index (χ1v) is 5.24. The van der Waals surface area contributed by atoms with Crippen molar-refractivity contribution in [3.8, 4) is 0 Å². The van der Waals surface area contributed by atoms with Gasteiger partial charge in [0.15, 0.2) is 0 Å². The zero-order chi connectivity index (χ0) is 9.68. The van der Waals surface area contributed by atoms with Crippen molar-refractivity contribution in [3.05, 3.63) is 35.9 Å². The first kappa shape index (κ1) is 10.5. The number of esters is 1. The van der Waals surface area contributed by atoms with Gasteiger partial charge in [-0.15, -0.1) is 0 Å². The third-order valence-corrected chi connectivity index (χ3v) is 2.66. The van der Waals surface area contributed by atoms with Crippen molar-refractivity contribution in [1.29, 1.82) is 0 Å². The van der Waals surface area contributed by atoms with E-state index in [2.05, 4.69) is 27.3 Å². The minimum absolute atomic E-state index is 0.0926. The van der Waals surface area contributed by atoms with E-state index < -0.39 is 0 Å². The Morgan fingerprint density at radius 2 is 2.08 bits per heavy atom. The molecule has 0 fully saturated rings. The lowest BCUT2D eigenvalue weighted by Crippen LogP contribution is -2.17. The number of hydrogen-bond donors (Lipinski definition) is 0. The van der Waals surface area contributed by atoms with Crippen LogP contribution in [0.1, 0.15) is 5.56 Å². The molecule has 0 unspecified atom stereocenters. The monoisotopic (exact) mass is 290 g/mol. The predicted molar refractivity (Wildman–Crippen MR) is 60.0 cm³/mol. The maximum absolute atomic E-state index is 11.1. The van der Waals surface area contributed by atoms with Crippen molar-refractivity contribution in [2.75, 3.05) is 7.11 Å². The first-order valence-electron chi connectivity index (χ1n) is 4.00. The van der Waals surface area contributed by atoms with Crippen LogP contribution in [-0.4, -0.2) is 17.0 Å². The Morgan fingerprint density at radius 1 is 1.46 bits per heavy atom. The molecule has 0 N–H and O–H groups in total. The molecular weight excluding hydrogens is 279 g/mol. The second kappa shape index (κ2) is 5.21. The van der Waals surface area contributed by atoms with Crippen molar-refractivity contribution < 1.29 is 9.53 Å². The molecule has 2 nitrogen and oxygen atoms in total. The number of ether oxygens (including phenoxy) is 1. The molecule has 1 aromatic rings. The van der Waals surface area contributed by atoms with Crippen LogP contribution >= 0.6 is 22.6 Å². The Morgan fingerprint density at radius 3 is 2.62 bits per heavy atom. The summed E-state index contributed by atoms with van der Waals surface area (Å²) < 4.78 is 4.55. The summed E-state index contributed by atoms with van der Waals surface area (Å²) in [5.74, 6) is -0.163. The third-order valence-electron chi connectivity index (χ3n) is 1.71. The Kier molecular flexibility index (Phi) is 4.21. The number of carbonyl (C=O) groups excluding carboxylic acids is 1. The molecule has 0 aliphatic heterocycles. The van der Waals surface area contributed by atoms with Gasteiger partial charge in [-0.1, -0.05) is 52.9 Å². The minimum atomic E-state index is -0.163. The molecule has 1 aromatic carbocycles. The normalized spacial score (nSPS) is 12.2. The lowest BCUT2D eigenvalue weighted by atomic mass is 10.1. The minimum Gasteiger partial charge on any atom is -0.468 e. The summed E-state index contributed by atoms with van der Waals surface area (Å²) in [7, 11) is 1.42. The van der Waals surface area contributed by atoms with Gasteiger partial charge in [-0.05, 0) is 12.0 Å². The van der Waals surface area contributed by atoms with Gasteiger partial charge in [0.25, 0.3) is 0 Å². The molecule has 0 aliphatic rings. The molecule has 0 aromatic heterocycles. The zero-order valence-corrected chi connectivity index (χ0v) is 9.52. The molecule has 13 heavy (non-hydrogen) atoms. The van der Waals surface area contributed by atoms with E-state index in [9.17, 15) is 4.79 Å². The van der Waals surface area contributed by atoms with Crippen molar-refractivity contribution in [1.82, 2.24) is 0 Å². The highest BCUT2D eigenvalue weighted by Crippen LogP contribution is 2.11. The maximum Gasteiger partial charge on any atom is 0.318 e. The molecule has 0 saturated carbocycles. The molecule has 1 atom stereocenters. The molecule has 70 valence electrons. The number of benzene rings is 1. The number of rotatable bonds is 3. The summed E-state index contributed by atoms with van der Waals surface area (Å²) in [5.41, 5.74) is 1.16. The molecule has 0 amide bonds. The third kappa shape index (κ3) is 3.34. The van der Waals surface area contributed by atoms with E-state index in [4.69, 9.17) is 0 Å². The van der Waals surface area contributed by atoms with E-state index in [0.29, 0.717) is 0 Å². The lowest BCUT2D eigenvalue weighted by Gasteiger charge is -2.06. The van der Waals surface area contributed by atoms with E-state index in [1.165, 1.54) is 7.11 Å². The Balaban J connectivity index is 2.55. The van der Waals surface area contributed by atoms with Crippen LogP contribution in [0, 0.1) is 0 Å². The quantitative estimate of drug-likeness (QED) is 0.484. The van der Waals surface area contributed by atoms with E-state index in [-0.39, 0.29) is 9.89 Å². The summed E-state index contributed by atoms with van der Waals surface area (Å²) in [4.78, 5) is 11.1.